The van der Waals surface area contributed by atoms with Crippen molar-refractivity contribution in [2.24, 2.45) is 13.0 Å². The molecule has 3 N–H and O–H groups in total. The highest BCUT2D eigenvalue weighted by Gasteiger charge is 2.07. The van der Waals surface area contributed by atoms with Crippen LogP contribution in [0.4, 0.5) is 10.6 Å². The maximum absolute atomic E-state index is 11.2. The van der Waals surface area contributed by atoms with Gasteiger partial charge in [-0.05, 0) is 5.92 Å². The molecule has 0 aromatic carbocycles. The Morgan fingerprint density at radius 1 is 1.69 bits per heavy atom. The van der Waals surface area contributed by atoms with E-state index in [1.807, 2.05) is 13.8 Å². The summed E-state index contributed by atoms with van der Waals surface area (Å²) in [5.74, 6) is 0.873. The molecule has 1 heterocycles. The lowest BCUT2D eigenvalue weighted by atomic mass is 10.2. The minimum Gasteiger partial charge on any atom is -0.449 e. The van der Waals surface area contributed by atoms with E-state index in [2.05, 4.69) is 10.4 Å². The third kappa shape index (κ3) is 3.45. The molecular weight excluding hydrogens is 208 g/mol. The average molecular weight is 226 g/mol. The summed E-state index contributed by atoms with van der Waals surface area (Å²) >= 11 is 0. The van der Waals surface area contributed by atoms with Crippen molar-refractivity contribution in [2.75, 3.05) is 12.3 Å². The number of anilines is 1. The third-order valence-electron chi connectivity index (χ3n) is 2.04. The minimum absolute atomic E-state index is 0.328. The molecule has 0 aliphatic heterocycles. The van der Waals surface area contributed by atoms with Crippen LogP contribution in [0.2, 0.25) is 0 Å². The van der Waals surface area contributed by atoms with Crippen LogP contribution in [0.5, 0.6) is 0 Å². The molecule has 1 aromatic rings. The van der Waals surface area contributed by atoms with Crippen LogP contribution in [0.1, 0.15) is 19.4 Å². The van der Waals surface area contributed by atoms with E-state index in [-0.39, 0.29) is 0 Å². The smallest absolute Gasteiger partial charge is 0.407 e. The fraction of sp³-hybridized carbons (Fsp3) is 0.600. The van der Waals surface area contributed by atoms with Gasteiger partial charge in [0.25, 0.3) is 0 Å². The Bertz CT molecular complexity index is 360. The first-order chi connectivity index (χ1) is 7.50. The molecule has 0 atom stereocenters. The van der Waals surface area contributed by atoms with Crippen molar-refractivity contribution < 1.29 is 9.53 Å². The first-order valence-corrected chi connectivity index (χ1v) is 5.17. The number of nitrogens with zero attached hydrogens (tertiary/aromatic N) is 2. The number of carbonyl (C=O) groups is 1. The Kier molecular flexibility index (Phi) is 4.16. The van der Waals surface area contributed by atoms with Crippen molar-refractivity contribution >= 4 is 11.9 Å². The van der Waals surface area contributed by atoms with Gasteiger partial charge in [0.1, 0.15) is 5.82 Å². The third-order valence-corrected chi connectivity index (χ3v) is 2.04. The van der Waals surface area contributed by atoms with Crippen LogP contribution in [0.25, 0.3) is 0 Å². The molecule has 0 fully saturated rings. The number of rotatable bonds is 4. The maximum atomic E-state index is 11.2. The Hall–Kier alpha value is -1.72. The second-order valence-corrected chi connectivity index (χ2v) is 4.02. The van der Waals surface area contributed by atoms with E-state index >= 15 is 0 Å². The van der Waals surface area contributed by atoms with Crippen LogP contribution >= 0.6 is 0 Å². The quantitative estimate of drug-likeness (QED) is 0.798. The number of nitrogens with one attached hydrogen (secondary N) is 1. The fourth-order valence-corrected chi connectivity index (χ4v) is 1.09. The Balaban J connectivity index is 2.34. The predicted molar refractivity (Wildman–Crippen MR) is 60.6 cm³/mol. The molecule has 0 spiro atoms. The van der Waals surface area contributed by atoms with Crippen LogP contribution < -0.4 is 11.1 Å². The van der Waals surface area contributed by atoms with E-state index in [9.17, 15) is 4.79 Å². The molecule has 0 saturated carbocycles. The summed E-state index contributed by atoms with van der Waals surface area (Å²) in [6, 6.07) is 0. The predicted octanol–water partition coefficient (Wildman–Crippen LogP) is 0.885. The van der Waals surface area contributed by atoms with Crippen molar-refractivity contribution in [1.29, 1.82) is 0 Å². The van der Waals surface area contributed by atoms with Gasteiger partial charge in [0.2, 0.25) is 0 Å². The Morgan fingerprint density at radius 2 is 2.38 bits per heavy atom. The highest BCUT2D eigenvalue weighted by Crippen LogP contribution is 2.08. The van der Waals surface area contributed by atoms with Gasteiger partial charge in [-0.1, -0.05) is 13.8 Å². The summed E-state index contributed by atoms with van der Waals surface area (Å²) in [4.78, 5) is 11.2. The number of alkyl carbamates (subject to hydrolysis) is 1. The van der Waals surface area contributed by atoms with E-state index in [4.69, 9.17) is 10.5 Å². The molecule has 0 saturated heterocycles. The number of hydrogen-bond donors (Lipinski definition) is 2. The number of carbonyl (C=O) groups excluding carboxylic acids is 1. The molecule has 0 aliphatic rings. The minimum atomic E-state index is -0.433. The van der Waals surface area contributed by atoms with Gasteiger partial charge in [-0.3, -0.25) is 4.68 Å². The highest BCUT2D eigenvalue weighted by atomic mass is 16.5. The molecule has 1 rings (SSSR count). The summed E-state index contributed by atoms with van der Waals surface area (Å²) in [5.41, 5.74) is 6.50. The van der Waals surface area contributed by atoms with Gasteiger partial charge < -0.3 is 15.8 Å². The molecule has 6 nitrogen and oxygen atoms in total. The Labute approximate surface area is 94.8 Å². The van der Waals surface area contributed by atoms with Gasteiger partial charge in [0, 0.05) is 12.6 Å². The van der Waals surface area contributed by atoms with Crippen molar-refractivity contribution in [3.8, 4) is 0 Å². The summed E-state index contributed by atoms with van der Waals surface area (Å²) in [6.45, 7) is 4.70. The van der Waals surface area contributed by atoms with Gasteiger partial charge in [-0.25, -0.2) is 4.79 Å². The summed E-state index contributed by atoms with van der Waals surface area (Å²) in [6.07, 6.45) is 1.19. The number of hydrogen-bond acceptors (Lipinski definition) is 4. The molecule has 1 amide bonds. The Morgan fingerprint density at radius 3 is 2.88 bits per heavy atom. The molecule has 0 radical (unpaired) electrons. The van der Waals surface area contributed by atoms with E-state index in [0.717, 1.165) is 5.56 Å². The van der Waals surface area contributed by atoms with Gasteiger partial charge in [-0.2, -0.15) is 5.10 Å². The molecule has 16 heavy (non-hydrogen) atoms. The van der Waals surface area contributed by atoms with Crippen molar-refractivity contribution in [2.45, 2.75) is 20.4 Å². The molecule has 0 unspecified atom stereocenters. The zero-order valence-corrected chi connectivity index (χ0v) is 9.86. The number of nitrogens with two attached hydrogens (primary N) is 1. The van der Waals surface area contributed by atoms with E-state index in [0.29, 0.717) is 24.9 Å². The van der Waals surface area contributed by atoms with Crippen LogP contribution in [0, 0.1) is 5.92 Å². The first kappa shape index (κ1) is 12.4. The normalized spacial score (nSPS) is 10.5. The first-order valence-electron chi connectivity index (χ1n) is 5.17. The second kappa shape index (κ2) is 5.39. The van der Waals surface area contributed by atoms with Crippen molar-refractivity contribution in [1.82, 2.24) is 15.1 Å². The largest absolute Gasteiger partial charge is 0.449 e. The fourth-order valence-electron chi connectivity index (χ4n) is 1.09. The van der Waals surface area contributed by atoms with Gasteiger partial charge >= 0.3 is 6.09 Å². The van der Waals surface area contributed by atoms with Gasteiger partial charge in [0.05, 0.1) is 19.3 Å². The summed E-state index contributed by atoms with van der Waals surface area (Å²) < 4.78 is 6.51. The highest BCUT2D eigenvalue weighted by molar-refractivity contribution is 5.67. The lowest BCUT2D eigenvalue weighted by Gasteiger charge is -2.08. The van der Waals surface area contributed by atoms with Crippen LogP contribution in [0.3, 0.4) is 0 Å². The molecule has 6 heteroatoms. The topological polar surface area (TPSA) is 82.2 Å². The van der Waals surface area contributed by atoms with Crippen LogP contribution in [0.15, 0.2) is 6.20 Å². The zero-order chi connectivity index (χ0) is 12.1. The van der Waals surface area contributed by atoms with E-state index < -0.39 is 6.09 Å². The lowest BCUT2D eigenvalue weighted by Crippen LogP contribution is -2.25. The number of aryl methyl sites for hydroxylation is 1. The summed E-state index contributed by atoms with van der Waals surface area (Å²) in [7, 11) is 1.75. The lowest BCUT2D eigenvalue weighted by molar-refractivity contribution is 0.132. The van der Waals surface area contributed by atoms with Gasteiger partial charge in [0.15, 0.2) is 0 Å². The molecule has 90 valence electrons. The number of amides is 1. The SMILES string of the molecule is CC(C)COC(=O)NCc1cnn(C)c1N. The monoisotopic (exact) mass is 226 g/mol. The van der Waals surface area contributed by atoms with Crippen LogP contribution in [-0.2, 0) is 18.3 Å². The molecule has 0 aliphatic carbocycles. The van der Waals surface area contributed by atoms with Crippen molar-refractivity contribution in [3.63, 3.8) is 0 Å². The van der Waals surface area contributed by atoms with E-state index in [1.54, 1.807) is 17.9 Å². The van der Waals surface area contributed by atoms with Crippen LogP contribution in [-0.4, -0.2) is 22.5 Å². The van der Waals surface area contributed by atoms with E-state index in [1.165, 1.54) is 0 Å². The maximum Gasteiger partial charge on any atom is 0.407 e. The van der Waals surface area contributed by atoms with Crippen molar-refractivity contribution in [3.05, 3.63) is 11.8 Å². The van der Waals surface area contributed by atoms with Gasteiger partial charge in [-0.15, -0.1) is 0 Å². The molecule has 1 aromatic heterocycles. The molecule has 0 bridgehead atoms. The molecular formula is C10H18N4O2. The summed E-state index contributed by atoms with van der Waals surface area (Å²) in [5, 5.41) is 6.58. The standard InChI is InChI=1S/C10H18N4O2/c1-7(2)6-16-10(15)12-4-8-5-13-14(3)9(8)11/h5,7H,4,6,11H2,1-3H3,(H,12,15). The second-order valence-electron chi connectivity index (χ2n) is 4.02. The number of aromatic nitrogens is 2. The number of ether oxygens (including phenoxy) is 1. The number of nitrogen functional groups attached to an aromatic ring is 1. The zero-order valence-electron chi connectivity index (χ0n) is 9.86. The average Bonchev–Trinajstić information content (AvgIpc) is 2.54.